The molecule has 1 rings (SSSR count). The van der Waals surface area contributed by atoms with Crippen LogP contribution in [0.5, 0.6) is 0 Å². The van der Waals surface area contributed by atoms with Crippen LogP contribution >= 0.6 is 0 Å². The third-order valence-electron chi connectivity index (χ3n) is 2.37. The van der Waals surface area contributed by atoms with Crippen molar-refractivity contribution in [1.82, 2.24) is 0 Å². The fourth-order valence-electron chi connectivity index (χ4n) is 1.18. The van der Waals surface area contributed by atoms with Gasteiger partial charge in [-0.05, 0) is 42.5 Å². The van der Waals surface area contributed by atoms with E-state index in [1.165, 1.54) is 0 Å². The van der Waals surface area contributed by atoms with Crippen molar-refractivity contribution in [3.05, 3.63) is 34.9 Å². The number of rotatable bonds is 3. The van der Waals surface area contributed by atoms with Gasteiger partial charge in [0, 0.05) is 0 Å². The number of aryl methyl sites for hydroxylation is 2. The minimum absolute atomic E-state index is 0.0243. The maximum Gasteiger partial charge on any atom is 0.373 e. The summed E-state index contributed by atoms with van der Waals surface area (Å²) < 4.78 is 0. The molecule has 0 amide bonds. The fraction of sp³-hybridized carbons (Fsp3) is 0.500. The molecular weight excluding hydrogens is 216 g/mol. The topological polar surface area (TPSA) is 35.5 Å². The highest BCUT2D eigenvalue weighted by Gasteiger charge is 2.14. The maximum absolute atomic E-state index is 11.6. The summed E-state index contributed by atoms with van der Waals surface area (Å²) in [6, 6.07) is 5.44. The lowest BCUT2D eigenvalue weighted by Crippen LogP contribution is -2.17. The van der Waals surface area contributed by atoms with E-state index in [0.29, 0.717) is 12.2 Å². The molecule has 0 aliphatic carbocycles. The second-order valence-electron chi connectivity index (χ2n) is 5.49. The van der Waals surface area contributed by atoms with Gasteiger partial charge in [-0.3, -0.25) is 4.89 Å². The van der Waals surface area contributed by atoms with Gasteiger partial charge in [-0.15, -0.1) is 0 Å². The summed E-state index contributed by atoms with van der Waals surface area (Å²) in [5.41, 5.74) is 2.71. The van der Waals surface area contributed by atoms with Crippen molar-refractivity contribution in [3.63, 3.8) is 0 Å². The summed E-state index contributed by atoms with van der Waals surface area (Å²) in [7, 11) is 0. The van der Waals surface area contributed by atoms with Crippen molar-refractivity contribution in [3.8, 4) is 0 Å². The van der Waals surface area contributed by atoms with Crippen LogP contribution in [-0.2, 0) is 9.78 Å². The van der Waals surface area contributed by atoms with Crippen molar-refractivity contribution < 1.29 is 14.6 Å². The fourth-order valence-corrected chi connectivity index (χ4v) is 1.18. The van der Waals surface area contributed by atoms with Crippen LogP contribution in [0.25, 0.3) is 0 Å². The Morgan fingerprint density at radius 2 is 1.82 bits per heavy atom. The van der Waals surface area contributed by atoms with Crippen LogP contribution < -0.4 is 0 Å². The van der Waals surface area contributed by atoms with Crippen molar-refractivity contribution in [2.75, 3.05) is 6.61 Å². The van der Waals surface area contributed by atoms with Crippen molar-refractivity contribution in [2.45, 2.75) is 34.6 Å². The molecule has 94 valence electrons. The Morgan fingerprint density at radius 1 is 1.18 bits per heavy atom. The Hall–Kier alpha value is -1.35. The molecule has 0 radical (unpaired) electrons. The predicted octanol–water partition coefficient (Wildman–Crippen LogP) is 3.44. The number of hydrogen-bond donors (Lipinski definition) is 0. The van der Waals surface area contributed by atoms with E-state index in [1.807, 2.05) is 40.7 Å². The zero-order valence-corrected chi connectivity index (χ0v) is 11.2. The van der Waals surface area contributed by atoms with Crippen molar-refractivity contribution >= 4 is 5.97 Å². The summed E-state index contributed by atoms with van der Waals surface area (Å²) in [5, 5.41) is 0. The molecule has 0 fully saturated rings. The summed E-state index contributed by atoms with van der Waals surface area (Å²) in [6.07, 6.45) is 0. The Morgan fingerprint density at radius 3 is 2.35 bits per heavy atom. The molecule has 0 atom stereocenters. The minimum atomic E-state index is -0.447. The zero-order chi connectivity index (χ0) is 13.1. The Bertz CT molecular complexity index is 402. The van der Waals surface area contributed by atoms with Crippen LogP contribution in [0.2, 0.25) is 0 Å². The molecule has 1 aromatic carbocycles. The van der Waals surface area contributed by atoms with Gasteiger partial charge < -0.3 is 0 Å². The van der Waals surface area contributed by atoms with Crippen LogP contribution in [0, 0.1) is 19.3 Å². The third kappa shape index (κ3) is 4.57. The Kier molecular flexibility index (Phi) is 4.29. The summed E-state index contributed by atoms with van der Waals surface area (Å²) in [6.45, 7) is 10.4. The van der Waals surface area contributed by atoms with Gasteiger partial charge in [0.25, 0.3) is 0 Å². The predicted molar refractivity (Wildman–Crippen MR) is 66.7 cm³/mol. The van der Waals surface area contributed by atoms with Crippen LogP contribution in [0.4, 0.5) is 0 Å². The van der Waals surface area contributed by atoms with Gasteiger partial charge in [0.1, 0.15) is 0 Å². The van der Waals surface area contributed by atoms with Crippen LogP contribution in [0.3, 0.4) is 0 Å². The first-order chi connectivity index (χ1) is 7.79. The summed E-state index contributed by atoms with van der Waals surface area (Å²) in [5.74, 6) is -0.447. The lowest BCUT2D eigenvalue weighted by atomic mass is 9.99. The van der Waals surface area contributed by atoms with E-state index in [2.05, 4.69) is 0 Å². The molecular formula is C14H20O3. The number of benzene rings is 1. The molecule has 0 heterocycles. The molecule has 0 aliphatic rings. The molecule has 0 aromatic heterocycles. The second kappa shape index (κ2) is 5.32. The molecule has 0 unspecified atom stereocenters. The smallest absolute Gasteiger partial charge is 0.293 e. The standard InChI is InChI=1S/C14H20O3/c1-10-6-7-12(8-11(10)2)13(15)17-16-9-14(3,4)5/h6-8H,9H2,1-5H3. The van der Waals surface area contributed by atoms with E-state index >= 15 is 0 Å². The Balaban J connectivity index is 2.56. The zero-order valence-electron chi connectivity index (χ0n) is 11.2. The first-order valence-electron chi connectivity index (χ1n) is 5.71. The molecule has 3 nitrogen and oxygen atoms in total. The van der Waals surface area contributed by atoms with Crippen LogP contribution in [0.1, 0.15) is 42.3 Å². The SMILES string of the molecule is Cc1ccc(C(=O)OOCC(C)(C)C)cc1C. The van der Waals surface area contributed by atoms with Crippen LogP contribution in [0.15, 0.2) is 18.2 Å². The van der Waals surface area contributed by atoms with Gasteiger partial charge in [-0.25, -0.2) is 4.79 Å². The highest BCUT2D eigenvalue weighted by atomic mass is 17.2. The first kappa shape index (κ1) is 13.7. The molecule has 1 aromatic rings. The van der Waals surface area contributed by atoms with Crippen LogP contribution in [-0.4, -0.2) is 12.6 Å². The van der Waals surface area contributed by atoms with E-state index < -0.39 is 5.97 Å². The summed E-state index contributed by atoms with van der Waals surface area (Å²) in [4.78, 5) is 21.3. The number of carbonyl (C=O) groups is 1. The first-order valence-corrected chi connectivity index (χ1v) is 5.71. The third-order valence-corrected chi connectivity index (χ3v) is 2.37. The van der Waals surface area contributed by atoms with Gasteiger partial charge in [0.15, 0.2) is 0 Å². The molecule has 0 spiro atoms. The highest BCUT2D eigenvalue weighted by Crippen LogP contribution is 2.14. The number of hydrogen-bond acceptors (Lipinski definition) is 3. The molecule has 3 heteroatoms. The van der Waals surface area contributed by atoms with E-state index in [9.17, 15) is 4.79 Å². The second-order valence-corrected chi connectivity index (χ2v) is 5.49. The largest absolute Gasteiger partial charge is 0.373 e. The van der Waals surface area contributed by atoms with Gasteiger partial charge in [0.2, 0.25) is 0 Å². The lowest BCUT2D eigenvalue weighted by Gasteiger charge is -2.16. The maximum atomic E-state index is 11.6. The average molecular weight is 236 g/mol. The van der Waals surface area contributed by atoms with Crippen molar-refractivity contribution in [2.24, 2.45) is 5.41 Å². The minimum Gasteiger partial charge on any atom is -0.293 e. The molecule has 0 saturated carbocycles. The number of carbonyl (C=O) groups excluding carboxylic acids is 1. The normalized spacial score (nSPS) is 11.4. The van der Waals surface area contributed by atoms with E-state index in [-0.39, 0.29) is 5.41 Å². The monoisotopic (exact) mass is 236 g/mol. The van der Waals surface area contributed by atoms with Gasteiger partial charge >= 0.3 is 5.97 Å². The molecule has 0 aliphatic heterocycles. The van der Waals surface area contributed by atoms with E-state index in [4.69, 9.17) is 9.78 Å². The summed E-state index contributed by atoms with van der Waals surface area (Å²) >= 11 is 0. The molecule has 0 saturated heterocycles. The molecule has 0 bridgehead atoms. The van der Waals surface area contributed by atoms with Gasteiger partial charge in [-0.1, -0.05) is 26.8 Å². The van der Waals surface area contributed by atoms with Crippen molar-refractivity contribution in [1.29, 1.82) is 0 Å². The van der Waals surface area contributed by atoms with Gasteiger partial charge in [0.05, 0.1) is 12.2 Å². The molecule has 17 heavy (non-hydrogen) atoms. The lowest BCUT2D eigenvalue weighted by molar-refractivity contribution is -0.255. The molecule has 0 N–H and O–H groups in total. The van der Waals surface area contributed by atoms with E-state index in [0.717, 1.165) is 11.1 Å². The average Bonchev–Trinajstić information content (AvgIpc) is 2.20. The Labute approximate surface area is 103 Å². The van der Waals surface area contributed by atoms with Gasteiger partial charge in [-0.2, -0.15) is 4.89 Å². The van der Waals surface area contributed by atoms with E-state index in [1.54, 1.807) is 12.1 Å². The highest BCUT2D eigenvalue weighted by molar-refractivity contribution is 5.89. The quantitative estimate of drug-likeness (QED) is 0.595.